The lowest BCUT2D eigenvalue weighted by molar-refractivity contribution is -0.115. The lowest BCUT2D eigenvalue weighted by Gasteiger charge is -2.20. The highest BCUT2D eigenvalue weighted by molar-refractivity contribution is 5.99. The predicted molar refractivity (Wildman–Crippen MR) is 80.2 cm³/mol. The van der Waals surface area contributed by atoms with Gasteiger partial charge in [-0.1, -0.05) is 0 Å². The van der Waals surface area contributed by atoms with Crippen LogP contribution < -0.4 is 15.1 Å². The molecule has 0 unspecified atom stereocenters. The minimum atomic E-state index is -0.500. The predicted octanol–water partition coefficient (Wildman–Crippen LogP) is 2.45. The van der Waals surface area contributed by atoms with E-state index in [9.17, 15) is 14.7 Å². The fourth-order valence-electron chi connectivity index (χ4n) is 1.94. The van der Waals surface area contributed by atoms with Crippen molar-refractivity contribution in [3.8, 4) is 11.5 Å². The summed E-state index contributed by atoms with van der Waals surface area (Å²) >= 11 is 0. The molecule has 1 amide bonds. The van der Waals surface area contributed by atoms with E-state index in [0.29, 0.717) is 17.1 Å². The number of carbonyl (C=O) groups is 1. The van der Waals surface area contributed by atoms with Gasteiger partial charge in [-0.2, -0.15) is 0 Å². The van der Waals surface area contributed by atoms with Gasteiger partial charge in [-0.05, 0) is 48.5 Å². The first-order valence-electron chi connectivity index (χ1n) is 6.31. The van der Waals surface area contributed by atoms with Crippen LogP contribution >= 0.6 is 0 Å². The third-order valence-corrected chi connectivity index (χ3v) is 2.97. The Morgan fingerprint density at radius 2 is 1.52 bits per heavy atom. The van der Waals surface area contributed by atoms with Crippen molar-refractivity contribution in [1.82, 2.24) is 0 Å². The van der Waals surface area contributed by atoms with Crippen LogP contribution in [0.25, 0.3) is 0 Å². The zero-order chi connectivity index (χ0) is 15.4. The van der Waals surface area contributed by atoms with Gasteiger partial charge >= 0.3 is 0 Å². The van der Waals surface area contributed by atoms with Crippen LogP contribution in [0, 0.1) is 0 Å². The molecule has 0 fully saturated rings. The number of amides is 1. The highest BCUT2D eigenvalue weighted by Crippen LogP contribution is 2.27. The summed E-state index contributed by atoms with van der Waals surface area (Å²) in [6.45, 7) is 1.43. The number of hydrogen-bond acceptors (Lipinski definition) is 4. The molecule has 0 radical (unpaired) electrons. The van der Waals surface area contributed by atoms with E-state index in [1.165, 1.54) is 36.1 Å². The summed E-state index contributed by atoms with van der Waals surface area (Å²) in [6.07, 6.45) is 0. The van der Waals surface area contributed by atoms with Gasteiger partial charge in [-0.3, -0.25) is 14.5 Å². The normalized spacial score (nSPS) is 10.0. The largest absolute Gasteiger partial charge is 0.504 e. The smallest absolute Gasteiger partial charge is 0.228 e. The second-order valence-corrected chi connectivity index (χ2v) is 4.39. The maximum atomic E-state index is 11.9. The minimum absolute atomic E-state index is 0.210. The lowest BCUT2D eigenvalue weighted by atomic mass is 10.2. The number of rotatable bonds is 3. The molecule has 0 heterocycles. The highest BCUT2D eigenvalue weighted by Gasteiger charge is 2.14. The third kappa shape index (κ3) is 3.20. The van der Waals surface area contributed by atoms with Crippen molar-refractivity contribution in [1.29, 1.82) is 0 Å². The van der Waals surface area contributed by atoms with Crippen LogP contribution in [0.1, 0.15) is 6.92 Å². The molecule has 0 saturated heterocycles. The van der Waals surface area contributed by atoms with Gasteiger partial charge < -0.3 is 9.84 Å². The summed E-state index contributed by atoms with van der Waals surface area (Å²) in [4.78, 5) is 24.8. The average Bonchev–Trinajstić information content (AvgIpc) is 2.64. The van der Waals surface area contributed by atoms with Gasteiger partial charge in [-0.15, -0.1) is 0 Å². The van der Waals surface area contributed by atoms with Crippen molar-refractivity contribution in [3.05, 3.63) is 58.8 Å². The second-order valence-electron chi connectivity index (χ2n) is 4.39. The standard InChI is InChI=1S/C16H15NO4/c1-11(18)17(12-3-7-14(21-2)8-4-12)13-5-9-15(19)16(20)10-6-13/h3-10H,1-2H3,(H,19,20). The summed E-state index contributed by atoms with van der Waals surface area (Å²) in [6, 6.07) is 12.5. The third-order valence-electron chi connectivity index (χ3n) is 2.97. The van der Waals surface area contributed by atoms with Crippen LogP contribution in [0.3, 0.4) is 0 Å². The van der Waals surface area contributed by atoms with E-state index in [2.05, 4.69) is 0 Å². The summed E-state index contributed by atoms with van der Waals surface area (Å²) < 4.78 is 5.08. The molecule has 0 aliphatic heterocycles. The number of benzene rings is 1. The quantitative estimate of drug-likeness (QED) is 0.940. The first-order valence-corrected chi connectivity index (χ1v) is 6.31. The van der Waals surface area contributed by atoms with Gasteiger partial charge in [0.15, 0.2) is 5.75 Å². The molecule has 108 valence electrons. The number of carbonyl (C=O) groups excluding carboxylic acids is 1. The first-order chi connectivity index (χ1) is 10.0. The van der Waals surface area contributed by atoms with Crippen molar-refractivity contribution in [2.75, 3.05) is 12.0 Å². The maximum Gasteiger partial charge on any atom is 0.228 e. The molecule has 0 atom stereocenters. The molecule has 2 aromatic carbocycles. The number of methoxy groups -OCH3 is 1. The zero-order valence-corrected chi connectivity index (χ0v) is 11.7. The molecule has 0 bridgehead atoms. The van der Waals surface area contributed by atoms with Crippen molar-refractivity contribution in [3.63, 3.8) is 0 Å². The molecule has 21 heavy (non-hydrogen) atoms. The SMILES string of the molecule is COc1ccc(N(C(C)=O)c2ccc(O)c(=O)cc2)cc1. The highest BCUT2D eigenvalue weighted by atomic mass is 16.5. The molecule has 0 saturated carbocycles. The van der Waals surface area contributed by atoms with Gasteiger partial charge in [0.1, 0.15) is 5.75 Å². The van der Waals surface area contributed by atoms with E-state index in [1.54, 1.807) is 31.4 Å². The van der Waals surface area contributed by atoms with Crippen molar-refractivity contribution in [2.45, 2.75) is 6.92 Å². The molecule has 5 heteroatoms. The molecule has 0 spiro atoms. The van der Waals surface area contributed by atoms with E-state index in [-0.39, 0.29) is 11.7 Å². The van der Waals surface area contributed by atoms with Gasteiger partial charge in [0.05, 0.1) is 7.11 Å². The molecule has 0 aromatic heterocycles. The minimum Gasteiger partial charge on any atom is -0.504 e. The van der Waals surface area contributed by atoms with Crippen LogP contribution in [-0.2, 0) is 4.79 Å². The van der Waals surface area contributed by atoms with E-state index in [4.69, 9.17) is 4.74 Å². The Balaban J connectivity index is 2.50. The monoisotopic (exact) mass is 285 g/mol. The van der Waals surface area contributed by atoms with Crippen molar-refractivity contribution >= 4 is 17.3 Å². The van der Waals surface area contributed by atoms with Crippen LogP contribution in [0.4, 0.5) is 11.4 Å². The number of ether oxygens (including phenoxy) is 1. The molecule has 5 nitrogen and oxygen atoms in total. The van der Waals surface area contributed by atoms with E-state index in [1.807, 2.05) is 0 Å². The topological polar surface area (TPSA) is 66.8 Å². The fourth-order valence-corrected chi connectivity index (χ4v) is 1.94. The second kappa shape index (κ2) is 6.09. The van der Waals surface area contributed by atoms with Crippen molar-refractivity contribution in [2.24, 2.45) is 0 Å². The summed E-state index contributed by atoms with van der Waals surface area (Å²) in [5, 5.41) is 9.43. The molecule has 2 aromatic rings. The Morgan fingerprint density at radius 3 is 2.05 bits per heavy atom. The summed E-state index contributed by atoms with van der Waals surface area (Å²) in [5.74, 6) is 0.109. The van der Waals surface area contributed by atoms with Crippen LogP contribution in [0.2, 0.25) is 0 Å². The van der Waals surface area contributed by atoms with Gasteiger partial charge in [-0.25, -0.2) is 0 Å². The van der Waals surface area contributed by atoms with E-state index in [0.717, 1.165) is 0 Å². The number of hydrogen-bond donors (Lipinski definition) is 1. The molecular formula is C16H15NO4. The molecule has 0 aliphatic carbocycles. The summed E-state index contributed by atoms with van der Waals surface area (Å²) in [5.41, 5.74) is 0.631. The van der Waals surface area contributed by atoms with E-state index >= 15 is 0 Å². The maximum absolute atomic E-state index is 11.9. The Bertz CT molecular complexity index is 710. The van der Waals surface area contributed by atoms with E-state index < -0.39 is 5.43 Å². The molecule has 2 rings (SSSR count). The van der Waals surface area contributed by atoms with Crippen LogP contribution in [-0.4, -0.2) is 18.1 Å². The Kier molecular flexibility index (Phi) is 4.23. The Morgan fingerprint density at radius 1 is 1.00 bits per heavy atom. The van der Waals surface area contributed by atoms with Crippen molar-refractivity contribution < 1.29 is 14.6 Å². The lowest BCUT2D eigenvalue weighted by Crippen LogP contribution is -2.22. The molecule has 0 aliphatic rings. The molecular weight excluding hydrogens is 270 g/mol. The van der Waals surface area contributed by atoms with Gasteiger partial charge in [0.2, 0.25) is 11.3 Å². The van der Waals surface area contributed by atoms with Gasteiger partial charge in [0, 0.05) is 18.3 Å². The number of aromatic hydroxyl groups is 1. The zero-order valence-electron chi connectivity index (χ0n) is 11.7. The van der Waals surface area contributed by atoms with Crippen LogP contribution in [0.15, 0.2) is 53.3 Å². The van der Waals surface area contributed by atoms with Crippen LogP contribution in [0.5, 0.6) is 11.5 Å². The number of anilines is 2. The van der Waals surface area contributed by atoms with Gasteiger partial charge in [0.25, 0.3) is 0 Å². The summed E-state index contributed by atoms with van der Waals surface area (Å²) in [7, 11) is 1.56. The average molecular weight is 285 g/mol. The number of nitrogens with zero attached hydrogens (tertiary/aromatic N) is 1. The molecule has 1 N–H and O–H groups in total. The Hall–Kier alpha value is -2.82. The Labute approximate surface area is 122 Å². The first kappa shape index (κ1) is 14.6. The fraction of sp³-hybridized carbons (Fsp3) is 0.125.